The molecular weight excluding hydrogens is 450 g/mol. The van der Waals surface area contributed by atoms with Crippen LogP contribution in [0.25, 0.3) is 10.2 Å². The van der Waals surface area contributed by atoms with Crippen molar-refractivity contribution < 1.29 is 19.6 Å². The van der Waals surface area contributed by atoms with Crippen molar-refractivity contribution in [2.45, 2.75) is 35.8 Å². The molecule has 1 heterocycles. The van der Waals surface area contributed by atoms with Crippen LogP contribution in [-0.2, 0) is 15.3 Å². The van der Waals surface area contributed by atoms with Gasteiger partial charge >= 0.3 is 5.97 Å². The number of carbonyl (C=O) groups is 2. The van der Waals surface area contributed by atoms with Crippen LogP contribution in [0.4, 0.5) is 11.4 Å². The van der Waals surface area contributed by atoms with Crippen molar-refractivity contribution >= 4 is 56.6 Å². The van der Waals surface area contributed by atoms with Crippen molar-refractivity contribution in [2.75, 3.05) is 5.32 Å². The second-order valence-electron chi connectivity index (χ2n) is 7.70. The molecule has 0 aliphatic heterocycles. The van der Waals surface area contributed by atoms with Crippen molar-refractivity contribution in [1.29, 1.82) is 0 Å². The van der Waals surface area contributed by atoms with E-state index in [4.69, 9.17) is 0 Å². The summed E-state index contributed by atoms with van der Waals surface area (Å²) in [5.74, 6) is -1.64. The van der Waals surface area contributed by atoms with E-state index < -0.39 is 22.7 Å². The molecule has 4 rings (SSSR count). The zero-order chi connectivity index (χ0) is 22.7. The van der Waals surface area contributed by atoms with Crippen LogP contribution in [0.2, 0.25) is 0 Å². The highest BCUT2D eigenvalue weighted by molar-refractivity contribution is 8.00. The van der Waals surface area contributed by atoms with Crippen LogP contribution in [0.5, 0.6) is 0 Å². The zero-order valence-corrected chi connectivity index (χ0v) is 18.7. The third kappa shape index (κ3) is 5.08. The SMILES string of the molecule is O=C(O)[C@H]1CCCC[C@@H]1C(=O)Nc1ccc2nc(SCc3ccc([N+](=O)[O-])cc3)sc2c1. The maximum atomic E-state index is 12.7. The van der Waals surface area contributed by atoms with Gasteiger partial charge in [0, 0.05) is 23.6 Å². The van der Waals surface area contributed by atoms with Gasteiger partial charge in [-0.15, -0.1) is 11.3 Å². The van der Waals surface area contributed by atoms with E-state index in [1.807, 2.05) is 12.1 Å². The van der Waals surface area contributed by atoms with E-state index in [1.165, 1.54) is 23.5 Å². The molecule has 0 spiro atoms. The lowest BCUT2D eigenvalue weighted by atomic mass is 9.78. The summed E-state index contributed by atoms with van der Waals surface area (Å²) in [4.78, 5) is 39.1. The number of hydrogen-bond acceptors (Lipinski definition) is 7. The van der Waals surface area contributed by atoms with Crippen molar-refractivity contribution in [3.8, 4) is 0 Å². The predicted molar refractivity (Wildman–Crippen MR) is 124 cm³/mol. The molecule has 2 N–H and O–H groups in total. The average Bonchev–Trinajstić information content (AvgIpc) is 3.20. The highest BCUT2D eigenvalue weighted by atomic mass is 32.2. The Morgan fingerprint density at radius 2 is 1.88 bits per heavy atom. The molecule has 1 aliphatic rings. The summed E-state index contributed by atoms with van der Waals surface area (Å²) in [6, 6.07) is 11.9. The van der Waals surface area contributed by atoms with Gasteiger partial charge in [0.1, 0.15) is 0 Å². The second kappa shape index (κ2) is 9.66. The first-order chi connectivity index (χ1) is 15.4. The molecule has 10 heteroatoms. The monoisotopic (exact) mass is 471 g/mol. The van der Waals surface area contributed by atoms with Gasteiger partial charge < -0.3 is 10.4 Å². The summed E-state index contributed by atoms with van der Waals surface area (Å²) in [7, 11) is 0. The maximum Gasteiger partial charge on any atom is 0.307 e. The molecule has 8 nitrogen and oxygen atoms in total. The Hall–Kier alpha value is -2.98. The maximum absolute atomic E-state index is 12.7. The van der Waals surface area contributed by atoms with E-state index in [-0.39, 0.29) is 11.6 Å². The normalized spacial score (nSPS) is 18.4. The second-order valence-corrected chi connectivity index (χ2v) is 9.95. The minimum atomic E-state index is -0.905. The van der Waals surface area contributed by atoms with Crippen LogP contribution < -0.4 is 5.32 Å². The van der Waals surface area contributed by atoms with Gasteiger partial charge in [-0.1, -0.05) is 36.7 Å². The number of rotatable bonds is 7. The molecule has 3 aromatic rings. The molecule has 0 saturated heterocycles. The number of aliphatic carboxylic acids is 1. The lowest BCUT2D eigenvalue weighted by Crippen LogP contribution is -2.36. The molecule has 1 saturated carbocycles. The van der Waals surface area contributed by atoms with E-state index in [2.05, 4.69) is 10.3 Å². The first-order valence-corrected chi connectivity index (χ1v) is 12.0. The lowest BCUT2D eigenvalue weighted by molar-refractivity contribution is -0.384. The Labute approximate surface area is 192 Å². The van der Waals surface area contributed by atoms with Gasteiger partial charge in [-0.25, -0.2) is 4.98 Å². The number of hydrogen-bond donors (Lipinski definition) is 2. The number of benzene rings is 2. The fourth-order valence-corrected chi connectivity index (χ4v) is 5.94. The highest BCUT2D eigenvalue weighted by Crippen LogP contribution is 2.34. The minimum Gasteiger partial charge on any atom is -0.481 e. The van der Waals surface area contributed by atoms with Gasteiger partial charge in [-0.2, -0.15) is 0 Å². The van der Waals surface area contributed by atoms with Gasteiger partial charge in [0.05, 0.1) is 27.0 Å². The Balaban J connectivity index is 1.41. The van der Waals surface area contributed by atoms with Crippen LogP contribution in [0.15, 0.2) is 46.8 Å². The fraction of sp³-hybridized carbons (Fsp3) is 0.318. The highest BCUT2D eigenvalue weighted by Gasteiger charge is 2.35. The topological polar surface area (TPSA) is 122 Å². The smallest absolute Gasteiger partial charge is 0.307 e. The summed E-state index contributed by atoms with van der Waals surface area (Å²) in [6.45, 7) is 0. The number of fused-ring (bicyclic) bond motifs is 1. The molecule has 1 aromatic heterocycles. The number of carbonyl (C=O) groups excluding carboxylic acids is 1. The predicted octanol–water partition coefficient (Wildman–Crippen LogP) is 5.33. The van der Waals surface area contributed by atoms with Gasteiger partial charge in [0.25, 0.3) is 5.69 Å². The number of aromatic nitrogens is 1. The number of amides is 1. The van der Waals surface area contributed by atoms with Crippen molar-refractivity contribution in [3.63, 3.8) is 0 Å². The Morgan fingerprint density at radius 1 is 1.16 bits per heavy atom. The van der Waals surface area contributed by atoms with E-state index >= 15 is 0 Å². The number of nitro groups is 1. The molecule has 1 aliphatic carbocycles. The Bertz CT molecular complexity index is 1160. The van der Waals surface area contributed by atoms with Crippen LogP contribution in [0.1, 0.15) is 31.2 Å². The first-order valence-electron chi connectivity index (χ1n) is 10.2. The number of anilines is 1. The number of non-ortho nitro benzene ring substituents is 1. The number of nitrogens with one attached hydrogen (secondary N) is 1. The molecule has 1 amide bonds. The Morgan fingerprint density at radius 3 is 2.56 bits per heavy atom. The number of nitrogens with zero attached hydrogens (tertiary/aromatic N) is 2. The third-order valence-electron chi connectivity index (χ3n) is 5.57. The molecule has 1 fully saturated rings. The number of nitro benzene ring substituents is 1. The van der Waals surface area contributed by atoms with Gasteiger partial charge in [-0.05, 0) is 36.6 Å². The van der Waals surface area contributed by atoms with E-state index in [9.17, 15) is 24.8 Å². The van der Waals surface area contributed by atoms with Crippen LogP contribution in [0.3, 0.4) is 0 Å². The molecular formula is C22H21N3O5S2. The summed E-state index contributed by atoms with van der Waals surface area (Å²) in [6.07, 6.45) is 2.84. The van der Waals surface area contributed by atoms with Crippen molar-refractivity contribution in [1.82, 2.24) is 4.98 Å². The standard InChI is InChI=1S/C22H21N3O5S2/c26-20(16-3-1-2-4-17(16)21(27)28)23-14-7-10-18-19(11-14)32-22(24-18)31-12-13-5-8-15(9-6-13)25(29)30/h5-11,16-17H,1-4,12H2,(H,23,26)(H,27,28)/t16-,17-/m0/s1. The van der Waals surface area contributed by atoms with E-state index in [0.29, 0.717) is 24.3 Å². The van der Waals surface area contributed by atoms with Crippen LogP contribution >= 0.6 is 23.1 Å². The molecule has 0 radical (unpaired) electrons. The fourth-order valence-electron chi connectivity index (χ4n) is 3.88. The van der Waals surface area contributed by atoms with Crippen LogP contribution in [-0.4, -0.2) is 26.9 Å². The number of carboxylic acid groups (broad SMARTS) is 1. The van der Waals surface area contributed by atoms with Crippen molar-refractivity contribution in [3.05, 3.63) is 58.1 Å². The molecule has 2 atom stereocenters. The quantitative estimate of drug-likeness (QED) is 0.271. The zero-order valence-electron chi connectivity index (χ0n) is 17.0. The van der Waals surface area contributed by atoms with Gasteiger partial charge in [0.15, 0.2) is 4.34 Å². The van der Waals surface area contributed by atoms with Crippen LogP contribution in [0, 0.1) is 22.0 Å². The average molecular weight is 472 g/mol. The summed E-state index contributed by atoms with van der Waals surface area (Å²) in [5, 5.41) is 23.1. The summed E-state index contributed by atoms with van der Waals surface area (Å²) < 4.78 is 1.78. The number of carboxylic acids is 1. The van der Waals surface area contributed by atoms with Gasteiger partial charge in [0.2, 0.25) is 5.91 Å². The molecule has 166 valence electrons. The molecule has 2 aromatic carbocycles. The first kappa shape index (κ1) is 22.2. The Kier molecular flexibility index (Phi) is 6.71. The van der Waals surface area contributed by atoms with Gasteiger partial charge in [-0.3, -0.25) is 19.7 Å². The number of thiazole rings is 1. The molecule has 0 unspecified atom stereocenters. The van der Waals surface area contributed by atoms with E-state index in [0.717, 1.165) is 33.0 Å². The summed E-state index contributed by atoms with van der Waals surface area (Å²) in [5.41, 5.74) is 2.48. The number of thioether (sulfide) groups is 1. The van der Waals surface area contributed by atoms with E-state index in [1.54, 1.807) is 30.0 Å². The third-order valence-corrected chi connectivity index (χ3v) is 7.80. The molecule has 0 bridgehead atoms. The largest absolute Gasteiger partial charge is 0.481 e. The summed E-state index contributed by atoms with van der Waals surface area (Å²) >= 11 is 3.05. The minimum absolute atomic E-state index is 0.0659. The lowest BCUT2D eigenvalue weighted by Gasteiger charge is -2.27. The molecule has 32 heavy (non-hydrogen) atoms. The van der Waals surface area contributed by atoms with Crippen molar-refractivity contribution in [2.24, 2.45) is 11.8 Å².